The third-order valence-corrected chi connectivity index (χ3v) is 8.74. The van der Waals surface area contributed by atoms with Gasteiger partial charge >= 0.3 is 18.3 Å². The normalized spacial score (nSPS) is 28.1. The molecule has 1 aliphatic carbocycles. The highest BCUT2D eigenvalue weighted by Gasteiger charge is 2.44. The molecule has 1 N–H and O–H groups in total. The molecule has 4 nitrogen and oxygen atoms in total. The Kier molecular flexibility index (Phi) is 7.50. The molecule has 11 heteroatoms. The fourth-order valence-electron chi connectivity index (χ4n) is 6.73. The molecule has 0 amide bonds. The zero-order valence-corrected chi connectivity index (χ0v) is 21.1. The van der Waals surface area contributed by atoms with Gasteiger partial charge in [-0.3, -0.25) is 9.69 Å². The third kappa shape index (κ3) is 5.83. The van der Waals surface area contributed by atoms with Gasteiger partial charge in [-0.25, -0.2) is 4.39 Å². The SMILES string of the molecule is O=C(O)C1CC2CCC(C1)N2CCc1cc2c(C(F)(F)F)c(OC3CCC(C(F)(F)F)CC3)ccc2cc1F. The third-order valence-electron chi connectivity index (χ3n) is 8.74. The average Bonchev–Trinajstić information content (AvgIpc) is 3.08. The van der Waals surface area contributed by atoms with Crippen LogP contribution in [0.25, 0.3) is 10.8 Å². The first-order valence-corrected chi connectivity index (χ1v) is 13.4. The van der Waals surface area contributed by atoms with Crippen molar-refractivity contribution in [2.24, 2.45) is 11.8 Å². The van der Waals surface area contributed by atoms with Crippen LogP contribution in [-0.4, -0.2) is 46.9 Å². The Hall–Kier alpha value is -2.56. The summed E-state index contributed by atoms with van der Waals surface area (Å²) in [4.78, 5) is 13.6. The van der Waals surface area contributed by atoms with E-state index in [1.54, 1.807) is 0 Å². The quantitative estimate of drug-likeness (QED) is 0.375. The number of carbonyl (C=O) groups is 1. The van der Waals surface area contributed by atoms with Gasteiger partial charge in [0.1, 0.15) is 17.1 Å². The van der Waals surface area contributed by atoms with Crippen LogP contribution in [0.3, 0.4) is 0 Å². The van der Waals surface area contributed by atoms with Crippen molar-refractivity contribution in [3.8, 4) is 5.75 Å². The van der Waals surface area contributed by atoms with Crippen molar-refractivity contribution in [1.29, 1.82) is 0 Å². The maximum absolute atomic E-state index is 15.0. The summed E-state index contributed by atoms with van der Waals surface area (Å²) in [7, 11) is 0. The minimum absolute atomic E-state index is 0.00488. The Morgan fingerprint density at radius 3 is 2.15 bits per heavy atom. The number of hydrogen-bond acceptors (Lipinski definition) is 3. The van der Waals surface area contributed by atoms with Crippen molar-refractivity contribution in [3.05, 3.63) is 41.2 Å². The second kappa shape index (κ2) is 10.4. The van der Waals surface area contributed by atoms with Gasteiger partial charge in [-0.1, -0.05) is 6.07 Å². The summed E-state index contributed by atoms with van der Waals surface area (Å²) in [6.45, 7) is 0.407. The van der Waals surface area contributed by atoms with Crippen LogP contribution in [0, 0.1) is 17.7 Å². The van der Waals surface area contributed by atoms with Gasteiger partial charge in [0, 0.05) is 18.6 Å². The summed E-state index contributed by atoms with van der Waals surface area (Å²) in [5.74, 6) is -3.79. The number of hydrogen-bond donors (Lipinski definition) is 1. The summed E-state index contributed by atoms with van der Waals surface area (Å²) in [6, 6.07) is 4.85. The minimum Gasteiger partial charge on any atom is -0.490 e. The van der Waals surface area contributed by atoms with E-state index in [1.165, 1.54) is 12.1 Å². The first kappa shape index (κ1) is 28.0. The standard InChI is InChI=1S/C28H30F7NO3/c29-23-14-15-1-8-24(39-21-6-2-18(3-7-21)27(30,31)32)25(28(33,34)35)22(15)13-16(23)9-10-36-19-4-5-20(36)12-17(11-19)26(37)38/h1,8,13-14,17-21H,2-7,9-12H2,(H,37,38). The first-order valence-electron chi connectivity index (χ1n) is 13.4. The molecular weight excluding hydrogens is 531 g/mol. The highest BCUT2D eigenvalue weighted by atomic mass is 19.4. The fourth-order valence-corrected chi connectivity index (χ4v) is 6.73. The van der Waals surface area contributed by atoms with Crippen LogP contribution in [-0.2, 0) is 17.4 Å². The molecule has 2 aliphatic heterocycles. The summed E-state index contributed by atoms with van der Waals surface area (Å²) in [5, 5.41) is 9.22. The molecule has 39 heavy (non-hydrogen) atoms. The predicted octanol–water partition coefficient (Wildman–Crippen LogP) is 7.37. The van der Waals surface area contributed by atoms with Crippen molar-refractivity contribution in [3.63, 3.8) is 0 Å². The number of aliphatic carboxylic acids is 1. The molecule has 2 atom stereocenters. The van der Waals surface area contributed by atoms with Crippen LogP contribution in [0.2, 0.25) is 0 Å². The van der Waals surface area contributed by atoms with Gasteiger partial charge in [0.25, 0.3) is 0 Å². The number of halogens is 7. The molecule has 3 aliphatic rings. The summed E-state index contributed by atoms with van der Waals surface area (Å²) >= 11 is 0. The van der Waals surface area contributed by atoms with Crippen LogP contribution in [0.15, 0.2) is 24.3 Å². The van der Waals surface area contributed by atoms with Crippen LogP contribution in [0.4, 0.5) is 30.7 Å². The summed E-state index contributed by atoms with van der Waals surface area (Å²) < 4.78 is 102. The second-order valence-electron chi connectivity index (χ2n) is 11.1. The van der Waals surface area contributed by atoms with Gasteiger partial charge in [0.15, 0.2) is 0 Å². The average molecular weight is 562 g/mol. The molecule has 2 aromatic rings. The molecule has 0 radical (unpaired) electrons. The number of carboxylic acids is 1. The summed E-state index contributed by atoms with van der Waals surface area (Å²) in [5.41, 5.74) is -0.933. The minimum atomic E-state index is -4.83. The highest BCUT2D eigenvalue weighted by molar-refractivity contribution is 5.89. The lowest BCUT2D eigenvalue weighted by atomic mass is 9.87. The molecule has 2 aromatic carbocycles. The number of fused-ring (bicyclic) bond motifs is 3. The van der Waals surface area contributed by atoms with E-state index in [0.29, 0.717) is 19.4 Å². The molecule has 3 fully saturated rings. The fraction of sp³-hybridized carbons (Fsp3) is 0.607. The highest BCUT2D eigenvalue weighted by Crippen LogP contribution is 2.45. The lowest BCUT2D eigenvalue weighted by Crippen LogP contribution is -2.45. The Morgan fingerprint density at radius 1 is 0.949 bits per heavy atom. The molecule has 2 unspecified atom stereocenters. The van der Waals surface area contributed by atoms with E-state index in [0.717, 1.165) is 25.0 Å². The van der Waals surface area contributed by atoms with Gasteiger partial charge in [-0.2, -0.15) is 26.3 Å². The van der Waals surface area contributed by atoms with Gasteiger partial charge < -0.3 is 9.84 Å². The molecule has 2 heterocycles. The van der Waals surface area contributed by atoms with Crippen molar-refractivity contribution in [2.45, 2.75) is 88.3 Å². The lowest BCUT2D eigenvalue weighted by molar-refractivity contribution is -0.185. The first-order chi connectivity index (χ1) is 18.3. The van der Waals surface area contributed by atoms with E-state index in [4.69, 9.17) is 4.74 Å². The van der Waals surface area contributed by atoms with E-state index in [-0.39, 0.29) is 60.5 Å². The van der Waals surface area contributed by atoms with Crippen molar-refractivity contribution in [1.82, 2.24) is 4.90 Å². The van der Waals surface area contributed by atoms with Crippen LogP contribution < -0.4 is 4.74 Å². The molecule has 214 valence electrons. The number of alkyl halides is 6. The topological polar surface area (TPSA) is 49.8 Å². The predicted molar refractivity (Wildman–Crippen MR) is 129 cm³/mol. The van der Waals surface area contributed by atoms with Crippen molar-refractivity contribution < 1.29 is 45.4 Å². The zero-order chi connectivity index (χ0) is 28.1. The largest absolute Gasteiger partial charge is 0.490 e. The molecule has 2 saturated heterocycles. The van der Waals surface area contributed by atoms with Gasteiger partial charge in [0.05, 0.1) is 17.9 Å². The van der Waals surface area contributed by atoms with E-state index >= 15 is 0 Å². The summed E-state index contributed by atoms with van der Waals surface area (Å²) in [6.07, 6.45) is -7.48. The van der Waals surface area contributed by atoms with Gasteiger partial charge in [-0.15, -0.1) is 0 Å². The van der Waals surface area contributed by atoms with Crippen LogP contribution in [0.1, 0.15) is 62.5 Å². The second-order valence-corrected chi connectivity index (χ2v) is 11.1. The Bertz CT molecular complexity index is 1210. The van der Waals surface area contributed by atoms with Crippen LogP contribution in [0.5, 0.6) is 5.75 Å². The van der Waals surface area contributed by atoms with Gasteiger partial charge in [-0.05, 0) is 92.3 Å². The molecule has 0 aromatic heterocycles. The Balaban J connectivity index is 1.37. The molecule has 0 spiro atoms. The maximum Gasteiger partial charge on any atom is 0.420 e. The number of rotatable bonds is 6. The lowest BCUT2D eigenvalue weighted by Gasteiger charge is -2.37. The number of benzene rings is 2. The number of piperidine rings is 1. The number of ether oxygens (including phenoxy) is 1. The number of carboxylic acid groups (broad SMARTS) is 1. The van der Waals surface area contributed by atoms with Crippen molar-refractivity contribution in [2.75, 3.05) is 6.54 Å². The zero-order valence-electron chi connectivity index (χ0n) is 21.1. The molecular formula is C28H30F7NO3. The Labute approximate surface area is 221 Å². The van der Waals surface area contributed by atoms with Crippen LogP contribution >= 0.6 is 0 Å². The monoisotopic (exact) mass is 561 g/mol. The smallest absolute Gasteiger partial charge is 0.420 e. The maximum atomic E-state index is 15.0. The van der Waals surface area contributed by atoms with E-state index in [2.05, 4.69) is 4.90 Å². The van der Waals surface area contributed by atoms with E-state index < -0.39 is 53.4 Å². The Morgan fingerprint density at radius 2 is 1.59 bits per heavy atom. The van der Waals surface area contributed by atoms with Crippen molar-refractivity contribution >= 4 is 16.7 Å². The van der Waals surface area contributed by atoms with Gasteiger partial charge in [0.2, 0.25) is 0 Å². The molecule has 1 saturated carbocycles. The molecule has 5 rings (SSSR count). The van der Waals surface area contributed by atoms with E-state index in [1.807, 2.05) is 0 Å². The van der Waals surface area contributed by atoms with E-state index in [9.17, 15) is 40.6 Å². The molecule has 2 bridgehead atoms. The number of nitrogens with zero attached hydrogens (tertiary/aromatic N) is 1.